The molecule has 1 aliphatic heterocycles. The number of aliphatic carboxylic acids is 1. The van der Waals surface area contributed by atoms with Crippen LogP contribution in [0.4, 0.5) is 0 Å². The van der Waals surface area contributed by atoms with Crippen molar-refractivity contribution in [1.29, 1.82) is 0 Å². The molecule has 1 radical (unpaired) electrons. The van der Waals surface area contributed by atoms with E-state index in [9.17, 15) is 24.0 Å². The van der Waals surface area contributed by atoms with E-state index in [2.05, 4.69) is 23.6 Å². The number of carboxylic acid groups (broad SMARTS) is 1. The Morgan fingerprint density at radius 3 is 2.54 bits per heavy atom. The van der Waals surface area contributed by atoms with Crippen LogP contribution in [0, 0.1) is 12.0 Å². The summed E-state index contributed by atoms with van der Waals surface area (Å²) in [6, 6.07) is 4.88. The summed E-state index contributed by atoms with van der Waals surface area (Å²) in [5.41, 5.74) is 0.259. The van der Waals surface area contributed by atoms with E-state index in [0.717, 1.165) is 25.7 Å². The van der Waals surface area contributed by atoms with Crippen LogP contribution in [0.5, 0.6) is 5.75 Å². The Balaban J connectivity index is 2.01. The van der Waals surface area contributed by atoms with Gasteiger partial charge in [0.1, 0.15) is 24.1 Å². The lowest BCUT2D eigenvalue weighted by Crippen LogP contribution is -2.56. The summed E-state index contributed by atoms with van der Waals surface area (Å²) in [5.74, 6) is -2.33. The summed E-state index contributed by atoms with van der Waals surface area (Å²) in [6.45, 7) is 6.65. The lowest BCUT2D eigenvalue weighted by atomic mass is 10.0. The number of carboxylic acids is 1. The quantitative estimate of drug-likeness (QED) is 0.240. The van der Waals surface area contributed by atoms with Crippen LogP contribution in [0.3, 0.4) is 0 Å². The van der Waals surface area contributed by atoms with Crippen molar-refractivity contribution >= 4 is 30.0 Å². The second-order valence-electron chi connectivity index (χ2n) is 9.58. The number of benzene rings is 1. The van der Waals surface area contributed by atoms with Gasteiger partial charge in [-0.1, -0.05) is 40.0 Å². The molecule has 10 heteroatoms. The second-order valence-corrected chi connectivity index (χ2v) is 9.58. The number of aldehydes is 1. The second kappa shape index (κ2) is 15.0. The van der Waals surface area contributed by atoms with Crippen molar-refractivity contribution in [2.45, 2.75) is 83.8 Å². The highest BCUT2D eigenvalue weighted by molar-refractivity contribution is 5.98. The number of carbonyl (C=O) groups excluding carboxylic acids is 4. The monoisotopic (exact) mass is 516 g/mol. The van der Waals surface area contributed by atoms with E-state index in [-0.39, 0.29) is 11.5 Å². The number of hydrogen-bond donors (Lipinski definition) is 3. The van der Waals surface area contributed by atoms with Gasteiger partial charge in [-0.15, -0.1) is 0 Å². The summed E-state index contributed by atoms with van der Waals surface area (Å²) >= 11 is 0. The molecule has 2 rings (SSSR count). The number of ether oxygens (including phenoxy) is 1. The number of hydrogen-bond acceptors (Lipinski definition) is 6. The molecule has 10 nitrogen and oxygen atoms in total. The van der Waals surface area contributed by atoms with E-state index in [1.165, 1.54) is 4.90 Å². The van der Waals surface area contributed by atoms with Crippen molar-refractivity contribution in [3.05, 3.63) is 29.8 Å². The average Bonchev–Trinajstić information content (AvgIpc) is 3.36. The topological polar surface area (TPSA) is 142 Å². The predicted molar refractivity (Wildman–Crippen MR) is 136 cm³/mol. The molecule has 37 heavy (non-hydrogen) atoms. The van der Waals surface area contributed by atoms with E-state index >= 15 is 0 Å². The van der Waals surface area contributed by atoms with Crippen molar-refractivity contribution in [2.24, 2.45) is 5.92 Å². The van der Waals surface area contributed by atoms with Crippen molar-refractivity contribution in [2.75, 3.05) is 13.2 Å². The zero-order valence-electron chi connectivity index (χ0n) is 21.8. The third kappa shape index (κ3) is 9.18. The molecule has 1 fully saturated rings. The maximum atomic E-state index is 13.4. The van der Waals surface area contributed by atoms with Crippen LogP contribution in [0.1, 0.15) is 76.1 Å². The summed E-state index contributed by atoms with van der Waals surface area (Å²) < 4.78 is 5.69. The molecule has 3 amide bonds. The first kappa shape index (κ1) is 29.8. The van der Waals surface area contributed by atoms with Crippen LogP contribution in [0.2, 0.25) is 0 Å². The summed E-state index contributed by atoms with van der Waals surface area (Å²) in [5, 5.41) is 14.1. The number of unbranched alkanes of at least 4 members (excludes halogenated alkanes) is 3. The van der Waals surface area contributed by atoms with Gasteiger partial charge in [-0.25, -0.2) is 0 Å². The number of carbonyl (C=O) groups is 5. The summed E-state index contributed by atoms with van der Waals surface area (Å²) in [6.07, 6.45) is 5.14. The smallest absolute Gasteiger partial charge is 0.305 e. The Bertz CT molecular complexity index is 932. The van der Waals surface area contributed by atoms with Gasteiger partial charge in [-0.2, -0.15) is 0 Å². The van der Waals surface area contributed by atoms with Gasteiger partial charge in [0, 0.05) is 12.1 Å². The van der Waals surface area contributed by atoms with Crippen molar-refractivity contribution in [3.8, 4) is 5.75 Å². The molecule has 0 saturated carbocycles. The molecule has 1 heterocycles. The van der Waals surface area contributed by atoms with Crippen LogP contribution in [-0.4, -0.2) is 71.3 Å². The van der Waals surface area contributed by atoms with E-state index in [4.69, 9.17) is 9.84 Å². The van der Waals surface area contributed by atoms with Crippen LogP contribution in [-0.2, 0) is 19.2 Å². The molecule has 1 aliphatic rings. The third-order valence-electron chi connectivity index (χ3n) is 6.24. The van der Waals surface area contributed by atoms with E-state index in [0.29, 0.717) is 38.0 Å². The largest absolute Gasteiger partial charge is 0.494 e. The predicted octanol–water partition coefficient (Wildman–Crippen LogP) is 2.35. The molecule has 3 atom stereocenters. The van der Waals surface area contributed by atoms with Crippen LogP contribution in [0.15, 0.2) is 18.2 Å². The third-order valence-corrected chi connectivity index (χ3v) is 6.24. The van der Waals surface area contributed by atoms with Gasteiger partial charge >= 0.3 is 5.97 Å². The summed E-state index contributed by atoms with van der Waals surface area (Å²) in [4.78, 5) is 62.5. The lowest BCUT2D eigenvalue weighted by Gasteiger charge is -2.31. The Kier molecular flexibility index (Phi) is 12.1. The molecule has 0 aliphatic carbocycles. The Labute approximate surface area is 218 Å². The minimum absolute atomic E-state index is 0.259. The van der Waals surface area contributed by atoms with Crippen LogP contribution < -0.4 is 15.4 Å². The van der Waals surface area contributed by atoms with Crippen molar-refractivity contribution in [1.82, 2.24) is 15.5 Å². The number of nitrogens with one attached hydrogen (secondary N) is 2. The number of amides is 3. The Morgan fingerprint density at radius 2 is 1.95 bits per heavy atom. The molecular formula is C27H38N3O7. The Hall–Kier alpha value is -3.43. The van der Waals surface area contributed by atoms with Gasteiger partial charge in [0.25, 0.3) is 5.91 Å². The minimum Gasteiger partial charge on any atom is -0.494 e. The molecule has 0 spiro atoms. The highest BCUT2D eigenvalue weighted by Crippen LogP contribution is 2.21. The summed E-state index contributed by atoms with van der Waals surface area (Å²) in [7, 11) is 0. The molecule has 1 aromatic carbocycles. The van der Waals surface area contributed by atoms with E-state index in [1.807, 2.05) is 0 Å². The molecule has 0 aromatic heterocycles. The molecule has 1 saturated heterocycles. The van der Waals surface area contributed by atoms with Gasteiger partial charge in [0.15, 0.2) is 0 Å². The van der Waals surface area contributed by atoms with Gasteiger partial charge in [-0.05, 0) is 49.4 Å². The average molecular weight is 517 g/mol. The highest BCUT2D eigenvalue weighted by atomic mass is 16.5. The number of rotatable bonds is 15. The first-order chi connectivity index (χ1) is 17.7. The normalized spacial score (nSPS) is 16.6. The maximum Gasteiger partial charge on any atom is 0.305 e. The molecule has 0 unspecified atom stereocenters. The van der Waals surface area contributed by atoms with Gasteiger partial charge in [0.2, 0.25) is 11.8 Å². The highest BCUT2D eigenvalue weighted by Gasteiger charge is 2.39. The minimum atomic E-state index is -1.22. The molecule has 0 bridgehead atoms. The zero-order chi connectivity index (χ0) is 27.4. The fourth-order valence-corrected chi connectivity index (χ4v) is 4.17. The van der Waals surface area contributed by atoms with E-state index in [1.54, 1.807) is 32.0 Å². The molecular weight excluding hydrogens is 478 g/mol. The molecule has 1 aromatic rings. The lowest BCUT2D eigenvalue weighted by molar-refractivity contribution is -0.142. The number of nitrogens with zero attached hydrogens (tertiary/aromatic N) is 1. The first-order valence-electron chi connectivity index (χ1n) is 12.9. The van der Waals surface area contributed by atoms with Gasteiger partial charge < -0.3 is 30.2 Å². The molecule has 3 N–H and O–H groups in total. The maximum absolute atomic E-state index is 13.4. The van der Waals surface area contributed by atoms with E-state index < -0.39 is 48.2 Å². The first-order valence-corrected chi connectivity index (χ1v) is 12.9. The van der Waals surface area contributed by atoms with Crippen LogP contribution in [0.25, 0.3) is 0 Å². The van der Waals surface area contributed by atoms with Crippen LogP contribution >= 0.6 is 0 Å². The zero-order valence-corrected chi connectivity index (χ0v) is 21.8. The van der Waals surface area contributed by atoms with Gasteiger partial charge in [-0.3, -0.25) is 19.2 Å². The Morgan fingerprint density at radius 1 is 1.19 bits per heavy atom. The standard InChI is InChI=1S/C27H38N3O7/c1-4-5-6-7-15-37-21-12-10-19(11-13-21)25(34)29-24(18(2)3)27(36)30-14-8-9-22(30)26(35)28-20(17-31)16-23(32)33/h10,12-13,17-18,20,22,24H,4-9,14-16H2,1-3H3,(H,28,35)(H,29,34)(H,32,33)/t20-,22-,24-/m0/s1. The molecule has 203 valence electrons. The fraction of sp³-hybridized carbons (Fsp3) is 0.593. The van der Waals surface area contributed by atoms with Gasteiger partial charge in [0.05, 0.1) is 19.1 Å². The fourth-order valence-electron chi connectivity index (χ4n) is 4.17. The number of likely N-dealkylation sites (tertiary alicyclic amines) is 1. The van der Waals surface area contributed by atoms with Crippen molar-refractivity contribution < 1.29 is 33.8 Å². The SMILES string of the molecule is CCCCCCOc1c[c]c(C(=O)N[C@H](C(=O)N2CCC[C@H]2C(=O)N[C@H](C=O)CC(=O)O)C(C)C)cc1. The van der Waals surface area contributed by atoms with Crippen molar-refractivity contribution in [3.63, 3.8) is 0 Å².